The number of hydrogen-bond acceptors (Lipinski definition) is 6. The number of carboxylic acid groups (broad SMARTS) is 1. The number of anilines is 2. The van der Waals surface area contributed by atoms with Crippen LogP contribution in [0, 0.1) is 5.82 Å². The monoisotopic (exact) mass is 452 g/mol. The van der Waals surface area contributed by atoms with Gasteiger partial charge in [0.2, 0.25) is 0 Å². The fourth-order valence-electron chi connectivity index (χ4n) is 4.87. The number of halogens is 1. The number of hydrogen-bond donors (Lipinski definition) is 1. The lowest BCUT2D eigenvalue weighted by Gasteiger charge is -2.32. The molecule has 2 aliphatic rings. The first-order valence-electron chi connectivity index (χ1n) is 11.1. The smallest absolute Gasteiger partial charge is 0.335 e. The van der Waals surface area contributed by atoms with Crippen LogP contribution in [0.2, 0.25) is 0 Å². The molecule has 2 saturated heterocycles. The number of nitrogens with zero attached hydrogens (tertiary/aromatic N) is 2. The highest BCUT2D eigenvalue weighted by Crippen LogP contribution is 2.40. The Morgan fingerprint density at radius 2 is 2.03 bits per heavy atom. The highest BCUT2D eigenvalue weighted by atomic mass is 19.1. The van der Waals surface area contributed by atoms with Crippen LogP contribution in [0.5, 0.6) is 0 Å². The molecule has 0 spiro atoms. The van der Waals surface area contributed by atoms with E-state index in [9.17, 15) is 19.1 Å². The van der Waals surface area contributed by atoms with Crippen LogP contribution < -0.4 is 15.2 Å². The Bertz CT molecular complexity index is 1270. The van der Waals surface area contributed by atoms with E-state index in [1.807, 2.05) is 22.8 Å². The lowest BCUT2D eigenvalue weighted by atomic mass is 9.98. The van der Waals surface area contributed by atoms with Crippen molar-refractivity contribution in [3.8, 4) is 0 Å². The van der Waals surface area contributed by atoms with Crippen LogP contribution >= 0.6 is 0 Å². The number of morpholine rings is 1. The van der Waals surface area contributed by atoms with Crippen molar-refractivity contribution < 1.29 is 23.4 Å². The van der Waals surface area contributed by atoms with E-state index in [1.165, 1.54) is 24.3 Å². The molecule has 8 heteroatoms. The number of aromatic carboxylic acids is 1. The van der Waals surface area contributed by atoms with Crippen molar-refractivity contribution in [3.05, 3.63) is 69.6 Å². The van der Waals surface area contributed by atoms with Gasteiger partial charge in [-0.1, -0.05) is 6.07 Å². The molecular weight excluding hydrogens is 427 g/mol. The summed E-state index contributed by atoms with van der Waals surface area (Å²) in [5.74, 6) is -1.00. The second-order valence-corrected chi connectivity index (χ2v) is 8.65. The van der Waals surface area contributed by atoms with Gasteiger partial charge in [0.15, 0.2) is 11.3 Å². The molecule has 2 fully saturated rings. The molecular formula is C25H25FN2O5. The lowest BCUT2D eigenvalue weighted by molar-refractivity contribution is 0.0517. The van der Waals surface area contributed by atoms with Crippen molar-refractivity contribution in [2.75, 3.05) is 36.0 Å². The summed E-state index contributed by atoms with van der Waals surface area (Å²) >= 11 is 0. The number of benzene rings is 2. The van der Waals surface area contributed by atoms with E-state index in [4.69, 9.17) is 9.15 Å². The van der Waals surface area contributed by atoms with E-state index in [0.717, 1.165) is 12.8 Å². The van der Waals surface area contributed by atoms with Crippen LogP contribution in [0.15, 0.2) is 51.7 Å². The van der Waals surface area contributed by atoms with Crippen LogP contribution in [0.25, 0.3) is 11.0 Å². The predicted octanol–water partition coefficient (Wildman–Crippen LogP) is 4.20. The fourth-order valence-corrected chi connectivity index (χ4v) is 4.87. The van der Waals surface area contributed by atoms with E-state index in [1.54, 1.807) is 12.1 Å². The van der Waals surface area contributed by atoms with Crippen LogP contribution in [-0.2, 0) is 4.74 Å². The van der Waals surface area contributed by atoms with Gasteiger partial charge in [0.25, 0.3) is 0 Å². The van der Waals surface area contributed by atoms with E-state index >= 15 is 0 Å². The number of rotatable bonds is 4. The van der Waals surface area contributed by atoms with Crippen molar-refractivity contribution in [1.82, 2.24) is 0 Å². The zero-order valence-corrected chi connectivity index (χ0v) is 18.3. The summed E-state index contributed by atoms with van der Waals surface area (Å²) in [4.78, 5) is 29.0. The first-order chi connectivity index (χ1) is 15.9. The maximum Gasteiger partial charge on any atom is 0.335 e. The molecule has 1 aromatic heterocycles. The Balaban J connectivity index is 1.67. The Morgan fingerprint density at radius 1 is 1.18 bits per heavy atom. The van der Waals surface area contributed by atoms with Gasteiger partial charge >= 0.3 is 5.97 Å². The van der Waals surface area contributed by atoms with Gasteiger partial charge in [-0.3, -0.25) is 4.79 Å². The Labute approximate surface area is 190 Å². The molecule has 0 radical (unpaired) electrons. The summed E-state index contributed by atoms with van der Waals surface area (Å²) < 4.78 is 25.8. The quantitative estimate of drug-likeness (QED) is 0.635. The SMILES string of the molecule is C[C@@H]1CN(c2cc(=O)c3cc(C(=O)O)cc(C4CCCN4c4cccc(F)c4)c3o2)CCO1. The van der Waals surface area contributed by atoms with Gasteiger partial charge in [0.05, 0.1) is 29.7 Å². The zero-order valence-electron chi connectivity index (χ0n) is 18.3. The second-order valence-electron chi connectivity index (χ2n) is 8.65. The molecule has 172 valence electrons. The summed E-state index contributed by atoms with van der Waals surface area (Å²) in [7, 11) is 0. The molecule has 0 amide bonds. The lowest BCUT2D eigenvalue weighted by Crippen LogP contribution is -2.41. The number of carboxylic acids is 1. The van der Waals surface area contributed by atoms with Crippen molar-refractivity contribution in [1.29, 1.82) is 0 Å². The average Bonchev–Trinajstić information content (AvgIpc) is 3.28. The molecule has 2 aromatic carbocycles. The topological polar surface area (TPSA) is 83.2 Å². The van der Waals surface area contributed by atoms with Crippen LogP contribution in [0.3, 0.4) is 0 Å². The summed E-state index contributed by atoms with van der Waals surface area (Å²) in [5, 5.41) is 9.93. The van der Waals surface area contributed by atoms with Gasteiger partial charge in [-0.05, 0) is 50.1 Å². The Hall–Kier alpha value is -3.39. The van der Waals surface area contributed by atoms with Gasteiger partial charge in [-0.25, -0.2) is 9.18 Å². The minimum absolute atomic E-state index is 0.00639. The summed E-state index contributed by atoms with van der Waals surface area (Å²) in [5.41, 5.74) is 1.47. The Morgan fingerprint density at radius 3 is 2.79 bits per heavy atom. The maximum atomic E-state index is 13.9. The predicted molar refractivity (Wildman–Crippen MR) is 123 cm³/mol. The molecule has 1 unspecified atom stereocenters. The van der Waals surface area contributed by atoms with Crippen molar-refractivity contribution in [3.63, 3.8) is 0 Å². The first-order valence-corrected chi connectivity index (χ1v) is 11.1. The van der Waals surface area contributed by atoms with Crippen LogP contribution in [-0.4, -0.2) is 43.4 Å². The van der Waals surface area contributed by atoms with Crippen LogP contribution in [0.4, 0.5) is 16.0 Å². The van der Waals surface area contributed by atoms with Crippen LogP contribution in [0.1, 0.15) is 41.7 Å². The average molecular weight is 452 g/mol. The molecule has 2 atom stereocenters. The molecule has 3 aromatic rings. The molecule has 3 heterocycles. The molecule has 7 nitrogen and oxygen atoms in total. The van der Waals surface area contributed by atoms with E-state index in [0.29, 0.717) is 49.0 Å². The third-order valence-electron chi connectivity index (χ3n) is 6.40. The van der Waals surface area contributed by atoms with Gasteiger partial charge < -0.3 is 24.1 Å². The fraction of sp³-hybridized carbons (Fsp3) is 0.360. The minimum Gasteiger partial charge on any atom is -0.478 e. The largest absolute Gasteiger partial charge is 0.478 e. The third-order valence-corrected chi connectivity index (χ3v) is 6.40. The second kappa shape index (κ2) is 8.51. The van der Waals surface area contributed by atoms with Gasteiger partial charge in [-0.15, -0.1) is 0 Å². The van der Waals surface area contributed by atoms with Gasteiger partial charge in [0, 0.05) is 37.0 Å². The van der Waals surface area contributed by atoms with Crippen molar-refractivity contribution in [2.45, 2.75) is 31.9 Å². The maximum absolute atomic E-state index is 13.9. The zero-order chi connectivity index (χ0) is 23.1. The highest BCUT2D eigenvalue weighted by Gasteiger charge is 2.31. The standard InChI is InChI=1S/C25H25FN2O5/c1-15-14-27(8-9-32-15)23-13-22(29)20-11-16(25(30)31)10-19(24(20)33-23)21-6-3-7-28(21)18-5-2-4-17(26)12-18/h2,4-5,10-13,15,21H,3,6-9,14H2,1H3,(H,30,31)/t15-,21?/m1/s1. The molecule has 0 aliphatic carbocycles. The van der Waals surface area contributed by atoms with Crippen molar-refractivity contribution >= 4 is 28.5 Å². The molecule has 1 N–H and O–H groups in total. The minimum atomic E-state index is -1.11. The highest BCUT2D eigenvalue weighted by molar-refractivity contribution is 5.94. The summed E-state index contributed by atoms with van der Waals surface area (Å²) in [6.07, 6.45) is 1.59. The molecule has 2 aliphatic heterocycles. The van der Waals surface area contributed by atoms with E-state index in [2.05, 4.69) is 0 Å². The number of carbonyl (C=O) groups is 1. The van der Waals surface area contributed by atoms with Crippen molar-refractivity contribution in [2.24, 2.45) is 0 Å². The number of fused-ring (bicyclic) bond motifs is 1. The molecule has 5 rings (SSSR count). The van der Waals surface area contributed by atoms with Gasteiger partial charge in [0.1, 0.15) is 11.4 Å². The molecule has 0 bridgehead atoms. The molecule has 33 heavy (non-hydrogen) atoms. The normalized spacial score (nSPS) is 21.0. The summed E-state index contributed by atoms with van der Waals surface area (Å²) in [6, 6.07) is 10.5. The first kappa shape index (κ1) is 21.5. The summed E-state index contributed by atoms with van der Waals surface area (Å²) in [6.45, 7) is 4.38. The Kier molecular flexibility index (Phi) is 5.54. The van der Waals surface area contributed by atoms with Gasteiger partial charge in [-0.2, -0.15) is 0 Å². The van der Waals surface area contributed by atoms with E-state index < -0.39 is 5.97 Å². The molecule has 0 saturated carbocycles. The van der Waals surface area contributed by atoms with E-state index in [-0.39, 0.29) is 34.3 Å². The number of ether oxygens (including phenoxy) is 1. The third kappa shape index (κ3) is 4.06.